The van der Waals surface area contributed by atoms with E-state index in [2.05, 4.69) is 26.4 Å². The summed E-state index contributed by atoms with van der Waals surface area (Å²) in [5.74, 6) is -2.07. The second kappa shape index (κ2) is 4.85. The molecule has 1 heterocycles. The van der Waals surface area contributed by atoms with E-state index in [9.17, 15) is 13.6 Å². The predicted molar refractivity (Wildman–Crippen MR) is 63.3 cm³/mol. The summed E-state index contributed by atoms with van der Waals surface area (Å²) in [5.41, 5.74) is -0.571. The summed E-state index contributed by atoms with van der Waals surface area (Å²) in [6.07, 6.45) is 0. The molecule has 0 fully saturated rings. The molecule has 0 saturated carbocycles. The third-order valence-electron chi connectivity index (χ3n) is 2.11. The number of carbonyl (C=O) groups is 1. The molecule has 1 N–H and O–H groups in total. The molecule has 1 aromatic carbocycles. The van der Waals surface area contributed by atoms with Crippen LogP contribution in [0.1, 0.15) is 16.2 Å². The Morgan fingerprint density at radius 2 is 1.94 bits per heavy atom. The summed E-state index contributed by atoms with van der Waals surface area (Å²) in [5, 5.41) is 5.55. The van der Waals surface area contributed by atoms with Crippen molar-refractivity contribution in [2.45, 2.75) is 6.92 Å². The Bertz CT molecular complexity index is 590. The first kappa shape index (κ1) is 12.7. The highest BCUT2D eigenvalue weighted by Crippen LogP contribution is 2.24. The molecule has 0 saturated heterocycles. The average molecular weight is 317 g/mol. The molecule has 0 bridgehead atoms. The fourth-order valence-corrected chi connectivity index (χ4v) is 1.71. The Labute approximate surface area is 109 Å². The zero-order valence-electron chi connectivity index (χ0n) is 9.13. The topological polar surface area (TPSA) is 55.1 Å². The van der Waals surface area contributed by atoms with Crippen LogP contribution in [0.3, 0.4) is 0 Å². The van der Waals surface area contributed by atoms with Gasteiger partial charge in [-0.1, -0.05) is 21.1 Å². The van der Waals surface area contributed by atoms with Gasteiger partial charge in [0.1, 0.15) is 11.4 Å². The Balaban J connectivity index is 2.27. The molecule has 0 radical (unpaired) electrons. The minimum Gasteiger partial charge on any atom is -0.361 e. The van der Waals surface area contributed by atoms with E-state index in [0.717, 1.165) is 12.1 Å². The molecule has 18 heavy (non-hydrogen) atoms. The number of hydrogen-bond acceptors (Lipinski definition) is 3. The van der Waals surface area contributed by atoms with Crippen LogP contribution in [0.25, 0.3) is 0 Å². The molecule has 4 nitrogen and oxygen atoms in total. The number of benzene rings is 1. The number of nitrogens with one attached hydrogen (secondary N) is 1. The summed E-state index contributed by atoms with van der Waals surface area (Å²) in [6, 6.07) is 3.46. The van der Waals surface area contributed by atoms with Crippen molar-refractivity contribution < 1.29 is 18.1 Å². The zero-order chi connectivity index (χ0) is 13.3. The molecule has 0 atom stereocenters. The van der Waals surface area contributed by atoms with E-state index in [1.54, 1.807) is 6.92 Å². The van der Waals surface area contributed by atoms with Crippen LogP contribution in [0.5, 0.6) is 0 Å². The molecule has 2 aromatic rings. The van der Waals surface area contributed by atoms with Crippen LogP contribution in [0.4, 0.5) is 14.5 Å². The molecule has 1 amide bonds. The summed E-state index contributed by atoms with van der Waals surface area (Å²) in [6.45, 7) is 1.60. The lowest BCUT2D eigenvalue weighted by Crippen LogP contribution is -2.14. The van der Waals surface area contributed by atoms with Crippen molar-refractivity contribution in [1.29, 1.82) is 0 Å². The summed E-state index contributed by atoms with van der Waals surface area (Å²) >= 11 is 2.94. The number of rotatable bonds is 2. The van der Waals surface area contributed by atoms with Crippen molar-refractivity contribution >= 4 is 27.5 Å². The van der Waals surface area contributed by atoms with E-state index < -0.39 is 23.2 Å². The molecule has 0 aliphatic rings. The van der Waals surface area contributed by atoms with E-state index in [0.29, 0.717) is 5.76 Å². The van der Waals surface area contributed by atoms with Crippen molar-refractivity contribution in [3.05, 3.63) is 45.8 Å². The number of nitrogens with zero attached hydrogens (tertiary/aromatic N) is 1. The minimum absolute atomic E-state index is 0.0470. The van der Waals surface area contributed by atoms with Gasteiger partial charge >= 0.3 is 0 Å². The van der Waals surface area contributed by atoms with Gasteiger partial charge < -0.3 is 9.84 Å². The standard InChI is InChI=1S/C11H7BrF2N2O2/c1-5-2-9(16-18-5)11(17)15-10-7(13)3-6(12)4-8(10)14/h2-4H,1H3,(H,15,17). The van der Waals surface area contributed by atoms with Gasteiger partial charge in [0.25, 0.3) is 5.91 Å². The van der Waals surface area contributed by atoms with Crippen LogP contribution in [0, 0.1) is 18.6 Å². The van der Waals surface area contributed by atoms with Crippen molar-refractivity contribution in [1.82, 2.24) is 5.16 Å². The van der Waals surface area contributed by atoms with Crippen molar-refractivity contribution in [3.8, 4) is 0 Å². The highest BCUT2D eigenvalue weighted by Gasteiger charge is 2.17. The third-order valence-corrected chi connectivity index (χ3v) is 2.56. The zero-order valence-corrected chi connectivity index (χ0v) is 10.7. The Morgan fingerprint density at radius 1 is 1.33 bits per heavy atom. The van der Waals surface area contributed by atoms with Gasteiger partial charge in [-0.2, -0.15) is 0 Å². The van der Waals surface area contributed by atoms with Gasteiger partial charge in [-0.3, -0.25) is 4.79 Å². The SMILES string of the molecule is Cc1cc(C(=O)Nc2c(F)cc(Br)cc2F)no1. The van der Waals surface area contributed by atoms with Gasteiger partial charge in [0, 0.05) is 10.5 Å². The predicted octanol–water partition coefficient (Wildman–Crippen LogP) is 3.28. The summed E-state index contributed by atoms with van der Waals surface area (Å²) in [7, 11) is 0. The molecule has 0 aliphatic carbocycles. The second-order valence-corrected chi connectivity index (χ2v) is 4.44. The van der Waals surface area contributed by atoms with E-state index in [4.69, 9.17) is 4.52 Å². The van der Waals surface area contributed by atoms with Crippen LogP contribution in [0.2, 0.25) is 0 Å². The first-order valence-corrected chi connectivity index (χ1v) is 5.66. The van der Waals surface area contributed by atoms with Gasteiger partial charge in [0.05, 0.1) is 0 Å². The van der Waals surface area contributed by atoms with Crippen molar-refractivity contribution in [2.24, 2.45) is 0 Å². The number of hydrogen-bond donors (Lipinski definition) is 1. The number of halogens is 3. The van der Waals surface area contributed by atoms with E-state index in [1.165, 1.54) is 6.07 Å². The minimum atomic E-state index is -0.879. The molecule has 0 spiro atoms. The lowest BCUT2D eigenvalue weighted by Gasteiger charge is -2.06. The van der Waals surface area contributed by atoms with Gasteiger partial charge in [0.2, 0.25) is 0 Å². The fraction of sp³-hybridized carbons (Fsp3) is 0.0909. The van der Waals surface area contributed by atoms with Gasteiger partial charge in [-0.15, -0.1) is 0 Å². The monoisotopic (exact) mass is 316 g/mol. The van der Waals surface area contributed by atoms with Crippen LogP contribution in [0.15, 0.2) is 27.2 Å². The lowest BCUT2D eigenvalue weighted by molar-refractivity contribution is 0.101. The van der Waals surface area contributed by atoms with Crippen molar-refractivity contribution in [3.63, 3.8) is 0 Å². The highest BCUT2D eigenvalue weighted by atomic mass is 79.9. The van der Waals surface area contributed by atoms with E-state index >= 15 is 0 Å². The van der Waals surface area contributed by atoms with Crippen LogP contribution < -0.4 is 5.32 Å². The first-order chi connectivity index (χ1) is 8.47. The molecule has 94 valence electrons. The molecule has 0 aliphatic heterocycles. The van der Waals surface area contributed by atoms with Gasteiger partial charge in [-0.05, 0) is 19.1 Å². The van der Waals surface area contributed by atoms with E-state index in [-0.39, 0.29) is 10.2 Å². The fourth-order valence-electron chi connectivity index (χ4n) is 1.31. The smallest absolute Gasteiger partial charge is 0.278 e. The normalized spacial score (nSPS) is 10.4. The Kier molecular flexibility index (Phi) is 3.42. The molecule has 2 rings (SSSR count). The van der Waals surface area contributed by atoms with Crippen LogP contribution in [-0.4, -0.2) is 11.1 Å². The van der Waals surface area contributed by atoms with Crippen LogP contribution >= 0.6 is 15.9 Å². The molecule has 7 heteroatoms. The molecular weight excluding hydrogens is 310 g/mol. The Hall–Kier alpha value is -1.76. The number of aryl methyl sites for hydroxylation is 1. The quantitative estimate of drug-likeness (QED) is 0.925. The van der Waals surface area contributed by atoms with Crippen LogP contribution in [-0.2, 0) is 0 Å². The highest BCUT2D eigenvalue weighted by molar-refractivity contribution is 9.10. The Morgan fingerprint density at radius 3 is 2.44 bits per heavy atom. The van der Waals surface area contributed by atoms with Crippen molar-refractivity contribution in [2.75, 3.05) is 5.32 Å². The maximum absolute atomic E-state index is 13.5. The average Bonchev–Trinajstić information content (AvgIpc) is 2.70. The maximum Gasteiger partial charge on any atom is 0.278 e. The van der Waals surface area contributed by atoms with E-state index in [1.807, 2.05) is 0 Å². The number of anilines is 1. The van der Waals surface area contributed by atoms with Gasteiger partial charge in [-0.25, -0.2) is 8.78 Å². The maximum atomic E-state index is 13.5. The summed E-state index contributed by atoms with van der Waals surface area (Å²) < 4.78 is 31.9. The second-order valence-electron chi connectivity index (χ2n) is 3.52. The molecular formula is C11H7BrF2N2O2. The molecule has 1 aromatic heterocycles. The number of aromatic nitrogens is 1. The largest absolute Gasteiger partial charge is 0.361 e. The van der Waals surface area contributed by atoms with Gasteiger partial charge in [0.15, 0.2) is 17.3 Å². The molecule has 0 unspecified atom stereocenters. The first-order valence-electron chi connectivity index (χ1n) is 4.86. The third kappa shape index (κ3) is 2.56. The summed E-state index contributed by atoms with van der Waals surface area (Å²) in [4.78, 5) is 11.6. The number of amides is 1. The lowest BCUT2D eigenvalue weighted by atomic mass is 10.2. The number of carbonyl (C=O) groups excluding carboxylic acids is 1.